The second-order valence-corrected chi connectivity index (χ2v) is 5.93. The maximum absolute atomic E-state index is 10.2. The summed E-state index contributed by atoms with van der Waals surface area (Å²) in [5.74, 6) is 2.33. The van der Waals surface area contributed by atoms with Crippen molar-refractivity contribution in [2.75, 3.05) is 26.4 Å². The van der Waals surface area contributed by atoms with Gasteiger partial charge >= 0.3 is 0 Å². The summed E-state index contributed by atoms with van der Waals surface area (Å²) in [7, 11) is 0. The van der Waals surface area contributed by atoms with Crippen molar-refractivity contribution < 1.29 is 19.3 Å². The van der Waals surface area contributed by atoms with Crippen LogP contribution in [0.3, 0.4) is 0 Å². The van der Waals surface area contributed by atoms with E-state index in [2.05, 4.69) is 0 Å². The maximum atomic E-state index is 10.2. The van der Waals surface area contributed by atoms with Crippen LogP contribution in [0.25, 0.3) is 0 Å². The fourth-order valence-electron chi connectivity index (χ4n) is 2.71. The molecule has 1 aromatic rings. The Morgan fingerprint density at radius 1 is 1.14 bits per heavy atom. The van der Waals surface area contributed by atoms with Gasteiger partial charge in [0.2, 0.25) is 0 Å². The highest BCUT2D eigenvalue weighted by Crippen LogP contribution is 2.32. The van der Waals surface area contributed by atoms with Gasteiger partial charge < -0.3 is 19.3 Å². The quantitative estimate of drug-likeness (QED) is 0.819. The van der Waals surface area contributed by atoms with Crippen LogP contribution in [0.15, 0.2) is 18.2 Å². The van der Waals surface area contributed by atoms with Crippen LogP contribution in [0.1, 0.15) is 43.8 Å². The Labute approximate surface area is 126 Å². The molecule has 1 saturated carbocycles. The predicted octanol–water partition coefficient (Wildman–Crippen LogP) is 3.09. The fourth-order valence-corrected chi connectivity index (χ4v) is 2.71. The number of hydrogen-bond acceptors (Lipinski definition) is 4. The van der Waals surface area contributed by atoms with E-state index < -0.39 is 6.10 Å². The summed E-state index contributed by atoms with van der Waals surface area (Å²) in [5.41, 5.74) is 0.822. The second-order valence-electron chi connectivity index (χ2n) is 5.93. The molecule has 116 valence electrons. The standard InChI is InChI=1S/C17H24O4/c18-15(12-19-10-7-13-3-1-4-13)14-5-6-16-17(11-14)21-9-2-8-20-16/h5-6,11,13,15,18H,1-4,7-10,12H2. The Kier molecular flexibility index (Phi) is 4.99. The Bertz CT molecular complexity index is 456. The van der Waals surface area contributed by atoms with Crippen LogP contribution in [0.4, 0.5) is 0 Å². The van der Waals surface area contributed by atoms with Crippen LogP contribution in [0.2, 0.25) is 0 Å². The van der Waals surface area contributed by atoms with Crippen molar-refractivity contribution in [3.05, 3.63) is 23.8 Å². The van der Waals surface area contributed by atoms with Gasteiger partial charge in [0.05, 0.1) is 19.8 Å². The van der Waals surface area contributed by atoms with E-state index in [0.29, 0.717) is 19.8 Å². The Morgan fingerprint density at radius 2 is 1.95 bits per heavy atom. The summed E-state index contributed by atoms with van der Waals surface area (Å²) < 4.78 is 16.8. The number of aliphatic hydroxyl groups is 1. The minimum Gasteiger partial charge on any atom is -0.490 e. The predicted molar refractivity (Wildman–Crippen MR) is 79.8 cm³/mol. The zero-order valence-corrected chi connectivity index (χ0v) is 12.4. The summed E-state index contributed by atoms with van der Waals surface area (Å²) in [6.45, 7) is 2.42. The summed E-state index contributed by atoms with van der Waals surface area (Å²) in [4.78, 5) is 0. The van der Waals surface area contributed by atoms with Crippen LogP contribution >= 0.6 is 0 Å². The van der Waals surface area contributed by atoms with Crippen molar-refractivity contribution in [2.24, 2.45) is 5.92 Å². The van der Waals surface area contributed by atoms with E-state index in [4.69, 9.17) is 14.2 Å². The molecule has 1 heterocycles. The Hall–Kier alpha value is -1.26. The average Bonchev–Trinajstić information content (AvgIpc) is 2.69. The van der Waals surface area contributed by atoms with E-state index in [0.717, 1.165) is 42.4 Å². The monoisotopic (exact) mass is 292 g/mol. The number of rotatable bonds is 6. The van der Waals surface area contributed by atoms with E-state index in [-0.39, 0.29) is 0 Å². The van der Waals surface area contributed by atoms with Gasteiger partial charge in [-0.15, -0.1) is 0 Å². The zero-order chi connectivity index (χ0) is 14.5. The topological polar surface area (TPSA) is 47.9 Å². The number of ether oxygens (including phenoxy) is 3. The molecule has 1 aliphatic carbocycles. The van der Waals surface area contributed by atoms with Gasteiger partial charge in [-0.25, -0.2) is 0 Å². The zero-order valence-electron chi connectivity index (χ0n) is 12.4. The largest absolute Gasteiger partial charge is 0.490 e. The molecule has 0 aromatic heterocycles. The number of benzene rings is 1. The van der Waals surface area contributed by atoms with E-state index in [1.807, 2.05) is 18.2 Å². The van der Waals surface area contributed by atoms with Crippen molar-refractivity contribution in [1.82, 2.24) is 0 Å². The molecule has 4 heteroatoms. The fraction of sp³-hybridized carbons (Fsp3) is 0.647. The lowest BCUT2D eigenvalue weighted by Gasteiger charge is -2.25. The third-order valence-corrected chi connectivity index (χ3v) is 4.33. The molecule has 0 bridgehead atoms. The molecular formula is C17H24O4. The molecule has 3 rings (SSSR count). The third kappa shape index (κ3) is 3.89. The lowest BCUT2D eigenvalue weighted by atomic mass is 9.83. The summed E-state index contributed by atoms with van der Waals surface area (Å²) in [6, 6.07) is 5.61. The number of fused-ring (bicyclic) bond motifs is 1. The molecule has 21 heavy (non-hydrogen) atoms. The highest BCUT2D eigenvalue weighted by atomic mass is 16.5. The van der Waals surface area contributed by atoms with Gasteiger partial charge in [0.1, 0.15) is 6.10 Å². The normalized spacial score (nSPS) is 19.7. The molecule has 1 aliphatic heterocycles. The first-order valence-corrected chi connectivity index (χ1v) is 7.98. The maximum Gasteiger partial charge on any atom is 0.161 e. The van der Waals surface area contributed by atoms with E-state index in [1.54, 1.807) is 0 Å². The SMILES string of the molecule is OC(COCCC1CCC1)c1ccc2c(c1)OCCCO2. The molecule has 1 fully saturated rings. The summed E-state index contributed by atoms with van der Waals surface area (Å²) in [6.07, 6.45) is 5.45. The Morgan fingerprint density at radius 3 is 2.71 bits per heavy atom. The van der Waals surface area contributed by atoms with Gasteiger partial charge in [0.15, 0.2) is 11.5 Å². The molecule has 2 aliphatic rings. The van der Waals surface area contributed by atoms with E-state index in [9.17, 15) is 5.11 Å². The summed E-state index contributed by atoms with van der Waals surface area (Å²) in [5, 5.41) is 10.2. The number of aliphatic hydroxyl groups excluding tert-OH is 1. The lowest BCUT2D eigenvalue weighted by Crippen LogP contribution is -2.15. The first kappa shape index (κ1) is 14.7. The Balaban J connectivity index is 1.49. The molecule has 4 nitrogen and oxygen atoms in total. The van der Waals surface area contributed by atoms with Gasteiger partial charge in [-0.1, -0.05) is 25.3 Å². The first-order chi connectivity index (χ1) is 10.3. The molecule has 0 spiro atoms. The van der Waals surface area contributed by atoms with Crippen LogP contribution in [0, 0.1) is 5.92 Å². The van der Waals surface area contributed by atoms with Crippen molar-refractivity contribution in [3.63, 3.8) is 0 Å². The third-order valence-electron chi connectivity index (χ3n) is 4.33. The van der Waals surface area contributed by atoms with Crippen LogP contribution in [0.5, 0.6) is 11.5 Å². The van der Waals surface area contributed by atoms with Crippen molar-refractivity contribution in [3.8, 4) is 11.5 Å². The molecule has 0 radical (unpaired) electrons. The van der Waals surface area contributed by atoms with Crippen LogP contribution < -0.4 is 9.47 Å². The van der Waals surface area contributed by atoms with Gasteiger partial charge in [-0.2, -0.15) is 0 Å². The molecule has 1 aromatic carbocycles. The van der Waals surface area contributed by atoms with Gasteiger partial charge in [0, 0.05) is 13.0 Å². The first-order valence-electron chi connectivity index (χ1n) is 7.98. The smallest absolute Gasteiger partial charge is 0.161 e. The molecule has 0 amide bonds. The van der Waals surface area contributed by atoms with Crippen LogP contribution in [-0.2, 0) is 4.74 Å². The van der Waals surface area contributed by atoms with E-state index >= 15 is 0 Å². The van der Waals surface area contributed by atoms with E-state index in [1.165, 1.54) is 19.3 Å². The molecule has 1 N–H and O–H groups in total. The average molecular weight is 292 g/mol. The molecular weight excluding hydrogens is 268 g/mol. The highest BCUT2D eigenvalue weighted by molar-refractivity contribution is 5.44. The van der Waals surface area contributed by atoms with Gasteiger partial charge in [-0.05, 0) is 30.0 Å². The van der Waals surface area contributed by atoms with Crippen molar-refractivity contribution in [1.29, 1.82) is 0 Å². The number of hydrogen-bond donors (Lipinski definition) is 1. The minimum atomic E-state index is -0.608. The van der Waals surface area contributed by atoms with Crippen molar-refractivity contribution >= 4 is 0 Å². The molecule has 1 atom stereocenters. The molecule has 0 saturated heterocycles. The minimum absolute atomic E-state index is 0.340. The second kappa shape index (κ2) is 7.14. The lowest BCUT2D eigenvalue weighted by molar-refractivity contribution is 0.0265. The molecule has 1 unspecified atom stereocenters. The summed E-state index contributed by atoms with van der Waals surface area (Å²) >= 11 is 0. The van der Waals surface area contributed by atoms with Crippen LogP contribution in [-0.4, -0.2) is 31.5 Å². The van der Waals surface area contributed by atoms with Crippen molar-refractivity contribution in [2.45, 2.75) is 38.2 Å². The highest BCUT2D eigenvalue weighted by Gasteiger charge is 2.18. The van der Waals surface area contributed by atoms with Gasteiger partial charge in [0.25, 0.3) is 0 Å². The van der Waals surface area contributed by atoms with Gasteiger partial charge in [-0.3, -0.25) is 0 Å².